The number of nitrogens with zero attached hydrogens (tertiary/aromatic N) is 1. The van der Waals surface area contributed by atoms with Crippen molar-refractivity contribution in [2.24, 2.45) is 0 Å². The van der Waals surface area contributed by atoms with Crippen LogP contribution in [0.1, 0.15) is 53.4 Å². The van der Waals surface area contributed by atoms with Crippen LogP contribution in [-0.2, 0) is 4.79 Å². The van der Waals surface area contributed by atoms with Crippen LogP contribution in [0.4, 0.5) is 0 Å². The lowest BCUT2D eigenvalue weighted by Gasteiger charge is -2.31. The van der Waals surface area contributed by atoms with Crippen molar-refractivity contribution in [3.05, 3.63) is 23.8 Å². The Balaban J connectivity index is 2.45. The van der Waals surface area contributed by atoms with Crippen LogP contribution in [0.15, 0.2) is 23.8 Å². The number of hydrogen-bond donors (Lipinski definition) is 0. The van der Waals surface area contributed by atoms with E-state index in [2.05, 4.69) is 45.9 Å². The highest BCUT2D eigenvalue weighted by Crippen LogP contribution is 2.18. The molecule has 0 radical (unpaired) electrons. The minimum absolute atomic E-state index is 0.283. The topological polar surface area (TPSA) is 20.3 Å². The summed E-state index contributed by atoms with van der Waals surface area (Å²) in [6, 6.07) is 0.588. The predicted octanol–water partition coefficient (Wildman–Crippen LogP) is 3.69. The van der Waals surface area contributed by atoms with Crippen LogP contribution in [0, 0.1) is 0 Å². The maximum atomic E-state index is 12.1. The first-order valence-corrected chi connectivity index (χ1v) is 6.66. The van der Waals surface area contributed by atoms with E-state index in [0.717, 1.165) is 19.3 Å². The molecule has 1 aliphatic carbocycles. The fraction of sp³-hybridized carbons (Fsp3) is 0.667. The van der Waals surface area contributed by atoms with Gasteiger partial charge in [-0.3, -0.25) is 4.79 Å². The summed E-state index contributed by atoms with van der Waals surface area (Å²) in [5.41, 5.74) is 1.41. The summed E-state index contributed by atoms with van der Waals surface area (Å²) >= 11 is 0. The standard InChI is InChI=1S/C15H25NO/c1-12(2)16(13(3)4)15(17)11-10-14-8-6-5-7-9-14/h5-6,9,12-13H,7-8,10-11H2,1-4H3. The predicted molar refractivity (Wildman–Crippen MR) is 72.8 cm³/mol. The number of carbonyl (C=O) groups is 1. The molecule has 96 valence electrons. The zero-order chi connectivity index (χ0) is 12.8. The van der Waals surface area contributed by atoms with E-state index in [1.165, 1.54) is 5.57 Å². The molecule has 0 bridgehead atoms. The van der Waals surface area contributed by atoms with Gasteiger partial charge in [-0.15, -0.1) is 0 Å². The average Bonchev–Trinajstić information content (AvgIpc) is 2.27. The lowest BCUT2D eigenvalue weighted by atomic mass is 10.0. The van der Waals surface area contributed by atoms with Gasteiger partial charge < -0.3 is 4.90 Å². The van der Waals surface area contributed by atoms with E-state index in [9.17, 15) is 4.79 Å². The molecule has 0 aromatic heterocycles. The number of rotatable bonds is 5. The molecule has 0 aliphatic heterocycles. The molecule has 1 aliphatic rings. The minimum Gasteiger partial charge on any atom is -0.338 e. The van der Waals surface area contributed by atoms with E-state index >= 15 is 0 Å². The van der Waals surface area contributed by atoms with E-state index in [-0.39, 0.29) is 5.91 Å². The van der Waals surface area contributed by atoms with Crippen molar-refractivity contribution < 1.29 is 4.79 Å². The van der Waals surface area contributed by atoms with Gasteiger partial charge in [0, 0.05) is 18.5 Å². The van der Waals surface area contributed by atoms with Gasteiger partial charge in [0.2, 0.25) is 5.91 Å². The first kappa shape index (κ1) is 14.0. The number of carbonyl (C=O) groups excluding carboxylic acids is 1. The molecule has 0 atom stereocenters. The SMILES string of the molecule is CC(C)N(C(=O)CCC1=CCC=CC1)C(C)C. The Bertz CT molecular complexity index is 305. The smallest absolute Gasteiger partial charge is 0.223 e. The summed E-state index contributed by atoms with van der Waals surface area (Å²) in [5, 5.41) is 0. The second-order valence-corrected chi connectivity index (χ2v) is 5.26. The molecule has 0 aromatic rings. The highest BCUT2D eigenvalue weighted by atomic mass is 16.2. The highest BCUT2D eigenvalue weighted by Gasteiger charge is 2.19. The Labute approximate surface area is 105 Å². The third-order valence-electron chi connectivity index (χ3n) is 3.15. The summed E-state index contributed by atoms with van der Waals surface area (Å²) in [7, 11) is 0. The third-order valence-corrected chi connectivity index (χ3v) is 3.15. The Kier molecular flexibility index (Phi) is 5.46. The van der Waals surface area contributed by atoms with Gasteiger partial charge in [-0.1, -0.05) is 23.8 Å². The molecule has 0 saturated heterocycles. The fourth-order valence-electron chi connectivity index (χ4n) is 2.42. The zero-order valence-corrected chi connectivity index (χ0v) is 11.6. The lowest BCUT2D eigenvalue weighted by molar-refractivity contribution is -0.134. The summed E-state index contributed by atoms with van der Waals surface area (Å²) in [6.07, 6.45) is 10.2. The minimum atomic E-state index is 0.283. The molecule has 1 rings (SSSR count). The lowest BCUT2D eigenvalue weighted by Crippen LogP contribution is -2.41. The molecule has 0 spiro atoms. The second-order valence-electron chi connectivity index (χ2n) is 5.26. The van der Waals surface area contributed by atoms with Gasteiger partial charge in [0.25, 0.3) is 0 Å². The second kappa shape index (κ2) is 6.63. The highest BCUT2D eigenvalue weighted by molar-refractivity contribution is 5.77. The van der Waals surface area contributed by atoms with Crippen molar-refractivity contribution in [1.29, 1.82) is 0 Å². The van der Waals surface area contributed by atoms with Gasteiger partial charge in [0.1, 0.15) is 0 Å². The maximum absolute atomic E-state index is 12.1. The molecule has 0 saturated carbocycles. The first-order chi connectivity index (χ1) is 8.02. The van der Waals surface area contributed by atoms with Gasteiger partial charge in [-0.05, 0) is 47.0 Å². The molecular weight excluding hydrogens is 210 g/mol. The Morgan fingerprint density at radius 1 is 1.24 bits per heavy atom. The molecule has 0 fully saturated rings. The molecule has 2 heteroatoms. The number of hydrogen-bond acceptors (Lipinski definition) is 1. The first-order valence-electron chi connectivity index (χ1n) is 6.66. The molecule has 0 N–H and O–H groups in total. The van der Waals surface area contributed by atoms with Gasteiger partial charge in [-0.25, -0.2) is 0 Å². The molecule has 0 unspecified atom stereocenters. The Morgan fingerprint density at radius 3 is 2.35 bits per heavy atom. The van der Waals surface area contributed by atoms with Crippen LogP contribution in [0.3, 0.4) is 0 Å². The van der Waals surface area contributed by atoms with Crippen LogP contribution < -0.4 is 0 Å². The molecular formula is C15H25NO. The van der Waals surface area contributed by atoms with Crippen molar-refractivity contribution in [3.63, 3.8) is 0 Å². The van der Waals surface area contributed by atoms with Crippen LogP contribution in [-0.4, -0.2) is 22.9 Å². The zero-order valence-electron chi connectivity index (χ0n) is 11.6. The van der Waals surface area contributed by atoms with Crippen molar-refractivity contribution in [2.75, 3.05) is 0 Å². The quantitative estimate of drug-likeness (QED) is 0.665. The summed E-state index contributed by atoms with van der Waals surface area (Å²) in [6.45, 7) is 8.34. The van der Waals surface area contributed by atoms with Crippen LogP contribution in [0.2, 0.25) is 0 Å². The van der Waals surface area contributed by atoms with Gasteiger partial charge in [-0.2, -0.15) is 0 Å². The molecule has 2 nitrogen and oxygen atoms in total. The summed E-state index contributed by atoms with van der Waals surface area (Å²) < 4.78 is 0. The summed E-state index contributed by atoms with van der Waals surface area (Å²) in [4.78, 5) is 14.1. The van der Waals surface area contributed by atoms with Crippen LogP contribution in [0.25, 0.3) is 0 Å². The third kappa shape index (κ3) is 4.37. The molecule has 17 heavy (non-hydrogen) atoms. The number of allylic oxidation sites excluding steroid dienone is 4. The Hall–Kier alpha value is -1.05. The van der Waals surface area contributed by atoms with E-state index in [1.807, 2.05) is 4.90 Å². The van der Waals surface area contributed by atoms with Crippen molar-refractivity contribution in [2.45, 2.75) is 65.5 Å². The van der Waals surface area contributed by atoms with Crippen LogP contribution >= 0.6 is 0 Å². The van der Waals surface area contributed by atoms with Crippen molar-refractivity contribution in [1.82, 2.24) is 4.90 Å². The molecule has 0 heterocycles. The average molecular weight is 235 g/mol. The van der Waals surface area contributed by atoms with Crippen molar-refractivity contribution >= 4 is 5.91 Å². The van der Waals surface area contributed by atoms with E-state index < -0.39 is 0 Å². The van der Waals surface area contributed by atoms with Crippen molar-refractivity contribution in [3.8, 4) is 0 Å². The largest absolute Gasteiger partial charge is 0.338 e. The molecule has 0 aromatic carbocycles. The van der Waals surface area contributed by atoms with E-state index in [0.29, 0.717) is 18.5 Å². The fourth-order valence-corrected chi connectivity index (χ4v) is 2.42. The monoisotopic (exact) mass is 235 g/mol. The van der Waals surface area contributed by atoms with Crippen LogP contribution in [0.5, 0.6) is 0 Å². The molecule has 1 amide bonds. The maximum Gasteiger partial charge on any atom is 0.223 e. The number of amides is 1. The van der Waals surface area contributed by atoms with Gasteiger partial charge in [0.05, 0.1) is 0 Å². The summed E-state index contributed by atoms with van der Waals surface area (Å²) in [5.74, 6) is 0.283. The van der Waals surface area contributed by atoms with Gasteiger partial charge in [0.15, 0.2) is 0 Å². The Morgan fingerprint density at radius 2 is 1.88 bits per heavy atom. The normalized spacial score (nSPS) is 15.3. The van der Waals surface area contributed by atoms with E-state index in [4.69, 9.17) is 0 Å². The van der Waals surface area contributed by atoms with E-state index in [1.54, 1.807) is 0 Å². The van der Waals surface area contributed by atoms with Gasteiger partial charge >= 0.3 is 0 Å².